The van der Waals surface area contributed by atoms with Crippen molar-refractivity contribution in [1.82, 2.24) is 4.90 Å². The molecule has 0 spiro atoms. The van der Waals surface area contributed by atoms with E-state index >= 15 is 0 Å². The molecule has 0 aliphatic carbocycles. The van der Waals surface area contributed by atoms with Crippen LogP contribution in [0, 0.1) is 0 Å². The molecule has 6 heteroatoms. The number of hydrogen-bond acceptors (Lipinski definition) is 5. The highest BCUT2D eigenvalue weighted by molar-refractivity contribution is 5.79. The van der Waals surface area contributed by atoms with E-state index in [1.807, 2.05) is 0 Å². The van der Waals surface area contributed by atoms with Gasteiger partial charge in [0.15, 0.2) is 0 Å². The largest absolute Gasteiger partial charge is 0.548 e. The predicted molar refractivity (Wildman–Crippen MR) is 54.3 cm³/mol. The minimum absolute atomic E-state index is 0.188. The summed E-state index contributed by atoms with van der Waals surface area (Å²) in [6, 6.07) is -1.32. The first kappa shape index (κ1) is 12.8. The van der Waals surface area contributed by atoms with E-state index in [2.05, 4.69) is 0 Å². The molecule has 0 aromatic heterocycles. The smallest absolute Gasteiger partial charge is 0.410 e. The molecular formula is C10H17N2O4-. The van der Waals surface area contributed by atoms with E-state index in [4.69, 9.17) is 10.5 Å². The van der Waals surface area contributed by atoms with E-state index in [0.717, 1.165) is 4.90 Å². The van der Waals surface area contributed by atoms with Crippen molar-refractivity contribution in [2.75, 3.05) is 6.54 Å². The Morgan fingerprint density at radius 2 is 2.00 bits per heavy atom. The van der Waals surface area contributed by atoms with Crippen molar-refractivity contribution in [2.24, 2.45) is 5.73 Å². The summed E-state index contributed by atoms with van der Waals surface area (Å²) in [4.78, 5) is 23.6. The molecule has 0 aromatic carbocycles. The van der Waals surface area contributed by atoms with Crippen LogP contribution < -0.4 is 10.8 Å². The van der Waals surface area contributed by atoms with E-state index in [0.29, 0.717) is 0 Å². The van der Waals surface area contributed by atoms with Crippen LogP contribution in [-0.2, 0) is 9.53 Å². The lowest BCUT2D eigenvalue weighted by Crippen LogP contribution is -2.48. The molecule has 0 unspecified atom stereocenters. The number of aliphatic carboxylic acids is 1. The van der Waals surface area contributed by atoms with Crippen molar-refractivity contribution in [3.8, 4) is 0 Å². The van der Waals surface area contributed by atoms with Gasteiger partial charge in [0.2, 0.25) is 0 Å². The number of amides is 1. The van der Waals surface area contributed by atoms with Gasteiger partial charge in [-0.2, -0.15) is 0 Å². The monoisotopic (exact) mass is 229 g/mol. The Hall–Kier alpha value is -1.30. The lowest BCUT2D eigenvalue weighted by atomic mass is 10.2. The Balaban J connectivity index is 2.71. The van der Waals surface area contributed by atoms with Crippen LogP contribution >= 0.6 is 0 Å². The quantitative estimate of drug-likeness (QED) is 0.627. The first-order valence-electron chi connectivity index (χ1n) is 5.17. The summed E-state index contributed by atoms with van der Waals surface area (Å²) in [7, 11) is 0. The van der Waals surface area contributed by atoms with Gasteiger partial charge >= 0.3 is 6.09 Å². The lowest BCUT2D eigenvalue weighted by Gasteiger charge is -2.28. The first-order chi connectivity index (χ1) is 7.20. The average Bonchev–Trinajstić information content (AvgIpc) is 2.44. The average molecular weight is 229 g/mol. The summed E-state index contributed by atoms with van der Waals surface area (Å²) in [6.45, 7) is 5.34. The van der Waals surface area contributed by atoms with Crippen molar-refractivity contribution in [3.63, 3.8) is 0 Å². The maximum Gasteiger partial charge on any atom is 0.410 e. The van der Waals surface area contributed by atoms with Crippen LogP contribution in [0.3, 0.4) is 0 Å². The number of likely N-dealkylation sites (tertiary alicyclic amines) is 1. The number of nitrogens with two attached hydrogens (primary N) is 1. The third-order valence-electron chi connectivity index (χ3n) is 2.23. The van der Waals surface area contributed by atoms with Crippen molar-refractivity contribution >= 4 is 12.1 Å². The summed E-state index contributed by atoms with van der Waals surface area (Å²) in [5, 5.41) is 10.8. The Morgan fingerprint density at radius 3 is 2.44 bits per heavy atom. The van der Waals surface area contributed by atoms with Crippen molar-refractivity contribution < 1.29 is 19.4 Å². The molecule has 6 nitrogen and oxygen atoms in total. The van der Waals surface area contributed by atoms with Crippen LogP contribution in [0.4, 0.5) is 4.79 Å². The van der Waals surface area contributed by atoms with Crippen molar-refractivity contribution in [3.05, 3.63) is 0 Å². The van der Waals surface area contributed by atoms with Crippen LogP contribution in [0.15, 0.2) is 0 Å². The Kier molecular flexibility index (Phi) is 3.42. The Bertz CT molecular complexity index is 298. The van der Waals surface area contributed by atoms with Crippen molar-refractivity contribution in [2.45, 2.75) is 44.9 Å². The van der Waals surface area contributed by atoms with E-state index < -0.39 is 23.7 Å². The van der Waals surface area contributed by atoms with Gasteiger partial charge in [0.05, 0.1) is 12.0 Å². The summed E-state index contributed by atoms with van der Waals surface area (Å²) < 4.78 is 5.09. The van der Waals surface area contributed by atoms with Gasteiger partial charge in [-0.05, 0) is 27.2 Å². The minimum Gasteiger partial charge on any atom is -0.548 e. The number of ether oxygens (including phenoxy) is 1. The SMILES string of the molecule is CC(C)(C)OC(=O)N1C[C@H](N)C[C@@H]1C(=O)[O-]. The number of carbonyl (C=O) groups excluding carboxylic acids is 2. The third kappa shape index (κ3) is 3.10. The zero-order valence-corrected chi connectivity index (χ0v) is 9.73. The predicted octanol–water partition coefficient (Wildman–Crippen LogP) is -0.927. The second kappa shape index (κ2) is 4.29. The summed E-state index contributed by atoms with van der Waals surface area (Å²) in [6.07, 6.45) is -0.448. The summed E-state index contributed by atoms with van der Waals surface area (Å²) in [5.41, 5.74) is 4.96. The van der Waals surface area contributed by atoms with E-state index in [-0.39, 0.29) is 19.0 Å². The second-order valence-electron chi connectivity index (χ2n) is 4.96. The zero-order chi connectivity index (χ0) is 12.5. The van der Waals surface area contributed by atoms with Gasteiger partial charge in [0.25, 0.3) is 0 Å². The highest BCUT2D eigenvalue weighted by Crippen LogP contribution is 2.19. The molecule has 0 aromatic rings. The molecule has 1 aliphatic heterocycles. The van der Waals surface area contributed by atoms with Gasteiger partial charge in [-0.3, -0.25) is 4.90 Å². The van der Waals surface area contributed by atoms with Gasteiger partial charge in [-0.1, -0.05) is 0 Å². The number of nitrogens with zero attached hydrogens (tertiary/aromatic N) is 1. The van der Waals surface area contributed by atoms with Gasteiger partial charge < -0.3 is 20.4 Å². The molecule has 0 saturated carbocycles. The molecule has 2 atom stereocenters. The molecule has 0 radical (unpaired) electrons. The molecule has 0 bridgehead atoms. The molecule has 1 amide bonds. The van der Waals surface area contributed by atoms with Crippen LogP contribution in [0.2, 0.25) is 0 Å². The Morgan fingerprint density at radius 1 is 1.44 bits per heavy atom. The fourth-order valence-corrected chi connectivity index (χ4v) is 1.61. The maximum atomic E-state index is 11.7. The van der Waals surface area contributed by atoms with Gasteiger partial charge in [-0.15, -0.1) is 0 Å². The van der Waals surface area contributed by atoms with Gasteiger partial charge in [-0.25, -0.2) is 4.79 Å². The van der Waals surface area contributed by atoms with E-state index in [1.165, 1.54) is 0 Å². The molecule has 1 rings (SSSR count). The highest BCUT2D eigenvalue weighted by atomic mass is 16.6. The molecule has 2 N–H and O–H groups in total. The minimum atomic E-state index is -1.29. The van der Waals surface area contributed by atoms with E-state index in [1.54, 1.807) is 20.8 Å². The fourth-order valence-electron chi connectivity index (χ4n) is 1.61. The normalized spacial score (nSPS) is 25.6. The zero-order valence-electron chi connectivity index (χ0n) is 9.73. The second-order valence-corrected chi connectivity index (χ2v) is 4.96. The molecule has 1 fully saturated rings. The van der Waals surface area contributed by atoms with Gasteiger partial charge in [0, 0.05) is 12.6 Å². The van der Waals surface area contributed by atoms with Crippen LogP contribution in [0.1, 0.15) is 27.2 Å². The van der Waals surface area contributed by atoms with Crippen LogP contribution in [0.25, 0.3) is 0 Å². The van der Waals surface area contributed by atoms with Crippen LogP contribution in [-0.4, -0.2) is 41.2 Å². The Labute approximate surface area is 94.3 Å². The first-order valence-corrected chi connectivity index (χ1v) is 5.17. The van der Waals surface area contributed by atoms with Crippen molar-refractivity contribution in [1.29, 1.82) is 0 Å². The number of carboxylic acids is 1. The fraction of sp³-hybridized carbons (Fsp3) is 0.800. The molecule has 16 heavy (non-hydrogen) atoms. The standard InChI is InChI=1S/C10H18N2O4/c1-10(2,3)16-9(15)12-5-6(11)4-7(12)8(13)14/h6-7H,4-5,11H2,1-3H3,(H,13,14)/p-1/t6-,7-/m1/s1. The van der Waals surface area contributed by atoms with E-state index in [9.17, 15) is 14.7 Å². The van der Waals surface area contributed by atoms with Crippen LogP contribution in [0.5, 0.6) is 0 Å². The number of rotatable bonds is 1. The molecule has 1 saturated heterocycles. The molecule has 1 heterocycles. The lowest BCUT2D eigenvalue weighted by molar-refractivity contribution is -0.310. The maximum absolute atomic E-state index is 11.7. The topological polar surface area (TPSA) is 95.7 Å². The molecule has 1 aliphatic rings. The number of carbonyl (C=O) groups is 2. The third-order valence-corrected chi connectivity index (χ3v) is 2.23. The highest BCUT2D eigenvalue weighted by Gasteiger charge is 2.36. The number of carboxylic acid groups (broad SMARTS) is 1. The number of hydrogen-bond donors (Lipinski definition) is 1. The molecular weight excluding hydrogens is 212 g/mol. The molecule has 92 valence electrons. The summed E-state index contributed by atoms with van der Waals surface area (Å²) in [5.74, 6) is -1.29. The summed E-state index contributed by atoms with van der Waals surface area (Å²) >= 11 is 0. The van der Waals surface area contributed by atoms with Gasteiger partial charge in [0.1, 0.15) is 5.60 Å².